The molecular formula is C9H15N5O4. The molecule has 0 radical (unpaired) electrons. The number of methoxy groups -OCH3 is 1. The number of nitrogens with two attached hydrogens (primary N) is 1. The Morgan fingerprint density at radius 3 is 2.83 bits per heavy atom. The summed E-state index contributed by atoms with van der Waals surface area (Å²) in [5, 5.41) is 17.0. The number of amides is 1. The molecular weight excluding hydrogens is 242 g/mol. The number of nitrogen functional groups attached to an aromatic ring is 1. The number of H-pyrrole nitrogens is 1. The second kappa shape index (κ2) is 6.55. The average Bonchev–Trinajstić information content (AvgIpc) is 2.74. The molecule has 18 heavy (non-hydrogen) atoms. The van der Waals surface area contributed by atoms with Crippen molar-refractivity contribution in [3.05, 3.63) is 5.82 Å². The van der Waals surface area contributed by atoms with Crippen LogP contribution in [0.3, 0.4) is 0 Å². The third-order valence-corrected chi connectivity index (χ3v) is 2.16. The minimum Gasteiger partial charge on any atom is -0.480 e. The number of aromatic nitrogens is 3. The molecule has 1 atom stereocenters. The van der Waals surface area contributed by atoms with E-state index in [1.807, 2.05) is 0 Å². The summed E-state index contributed by atoms with van der Waals surface area (Å²) in [5.74, 6) is -1.98. The van der Waals surface area contributed by atoms with Crippen molar-refractivity contribution in [2.24, 2.45) is 0 Å². The summed E-state index contributed by atoms with van der Waals surface area (Å²) < 4.78 is 4.81. The van der Waals surface area contributed by atoms with Gasteiger partial charge in [0.25, 0.3) is 5.91 Å². The van der Waals surface area contributed by atoms with E-state index >= 15 is 0 Å². The van der Waals surface area contributed by atoms with Crippen LogP contribution < -0.4 is 11.1 Å². The number of hydrogen-bond acceptors (Lipinski definition) is 6. The van der Waals surface area contributed by atoms with Crippen LogP contribution in [-0.4, -0.2) is 51.9 Å². The Hall–Kier alpha value is -2.16. The SMILES string of the molecule is COCCCC(NC(=O)c1nc(N)n[nH]1)C(=O)O. The van der Waals surface area contributed by atoms with Gasteiger partial charge in [0, 0.05) is 13.7 Å². The highest BCUT2D eigenvalue weighted by atomic mass is 16.5. The van der Waals surface area contributed by atoms with Gasteiger partial charge in [0.2, 0.25) is 11.8 Å². The number of carboxylic acids is 1. The summed E-state index contributed by atoms with van der Waals surface area (Å²) in [7, 11) is 1.52. The number of anilines is 1. The van der Waals surface area contributed by atoms with Crippen LogP contribution in [0.1, 0.15) is 23.5 Å². The molecule has 1 aromatic heterocycles. The molecule has 0 spiro atoms. The summed E-state index contributed by atoms with van der Waals surface area (Å²) >= 11 is 0. The zero-order valence-corrected chi connectivity index (χ0v) is 9.84. The molecule has 100 valence electrons. The molecule has 0 saturated carbocycles. The first-order valence-electron chi connectivity index (χ1n) is 5.25. The molecule has 1 rings (SSSR count). The maximum atomic E-state index is 11.6. The Morgan fingerprint density at radius 1 is 1.61 bits per heavy atom. The van der Waals surface area contributed by atoms with Crippen molar-refractivity contribution in [2.75, 3.05) is 19.5 Å². The van der Waals surface area contributed by atoms with Crippen LogP contribution in [0.4, 0.5) is 5.95 Å². The minimum atomic E-state index is -1.12. The Bertz CT molecular complexity index is 419. The van der Waals surface area contributed by atoms with Crippen LogP contribution in [-0.2, 0) is 9.53 Å². The topological polar surface area (TPSA) is 143 Å². The fourth-order valence-electron chi connectivity index (χ4n) is 1.29. The predicted molar refractivity (Wildman–Crippen MR) is 60.8 cm³/mol. The van der Waals surface area contributed by atoms with E-state index in [0.29, 0.717) is 13.0 Å². The number of aliphatic carboxylic acids is 1. The van der Waals surface area contributed by atoms with E-state index in [2.05, 4.69) is 20.5 Å². The second-order valence-corrected chi connectivity index (χ2v) is 3.54. The van der Waals surface area contributed by atoms with Crippen molar-refractivity contribution in [3.8, 4) is 0 Å². The number of hydrogen-bond donors (Lipinski definition) is 4. The van der Waals surface area contributed by atoms with Crippen LogP contribution >= 0.6 is 0 Å². The van der Waals surface area contributed by atoms with Crippen molar-refractivity contribution in [1.82, 2.24) is 20.5 Å². The number of nitrogens with one attached hydrogen (secondary N) is 2. The quantitative estimate of drug-likeness (QED) is 0.458. The summed E-state index contributed by atoms with van der Waals surface area (Å²) in [6.07, 6.45) is 0.783. The highest BCUT2D eigenvalue weighted by Gasteiger charge is 2.21. The molecule has 0 bridgehead atoms. The van der Waals surface area contributed by atoms with E-state index in [0.717, 1.165) is 0 Å². The third kappa shape index (κ3) is 4.01. The molecule has 1 amide bonds. The van der Waals surface area contributed by atoms with E-state index in [-0.39, 0.29) is 18.2 Å². The Morgan fingerprint density at radius 2 is 2.33 bits per heavy atom. The summed E-state index contributed by atoms with van der Waals surface area (Å²) in [4.78, 5) is 26.2. The van der Waals surface area contributed by atoms with E-state index in [4.69, 9.17) is 15.6 Å². The largest absolute Gasteiger partial charge is 0.480 e. The lowest BCUT2D eigenvalue weighted by Crippen LogP contribution is -2.41. The van der Waals surface area contributed by atoms with Crippen LogP contribution in [0.5, 0.6) is 0 Å². The van der Waals surface area contributed by atoms with Crippen LogP contribution in [0.15, 0.2) is 0 Å². The first kappa shape index (κ1) is 13.9. The molecule has 0 aliphatic rings. The van der Waals surface area contributed by atoms with Gasteiger partial charge < -0.3 is 20.9 Å². The molecule has 0 aromatic carbocycles. The fraction of sp³-hybridized carbons (Fsp3) is 0.556. The van der Waals surface area contributed by atoms with Gasteiger partial charge in [-0.25, -0.2) is 4.79 Å². The third-order valence-electron chi connectivity index (χ3n) is 2.16. The van der Waals surface area contributed by atoms with Crippen molar-refractivity contribution < 1.29 is 19.4 Å². The molecule has 1 unspecified atom stereocenters. The lowest BCUT2D eigenvalue weighted by molar-refractivity contribution is -0.139. The standard InChI is InChI=1S/C9H15N5O4/c1-18-4-2-3-5(8(16)17)11-7(15)6-12-9(10)14-13-6/h5H,2-4H2,1H3,(H,11,15)(H,16,17)(H3,10,12,13,14). The highest BCUT2D eigenvalue weighted by molar-refractivity contribution is 5.93. The number of carboxylic acid groups (broad SMARTS) is 1. The van der Waals surface area contributed by atoms with Gasteiger partial charge in [0.1, 0.15) is 6.04 Å². The zero-order valence-electron chi connectivity index (χ0n) is 9.84. The van der Waals surface area contributed by atoms with Gasteiger partial charge >= 0.3 is 5.97 Å². The van der Waals surface area contributed by atoms with E-state index in [1.54, 1.807) is 0 Å². The van der Waals surface area contributed by atoms with E-state index < -0.39 is 17.9 Å². The van der Waals surface area contributed by atoms with Gasteiger partial charge in [-0.2, -0.15) is 4.98 Å². The number of aromatic amines is 1. The molecule has 5 N–H and O–H groups in total. The summed E-state index contributed by atoms with van der Waals surface area (Å²) in [5.41, 5.74) is 5.24. The van der Waals surface area contributed by atoms with Gasteiger partial charge in [0.05, 0.1) is 0 Å². The lowest BCUT2D eigenvalue weighted by atomic mass is 10.1. The van der Waals surface area contributed by atoms with Gasteiger partial charge in [0.15, 0.2) is 0 Å². The molecule has 0 saturated heterocycles. The van der Waals surface area contributed by atoms with Gasteiger partial charge in [-0.15, -0.1) is 5.10 Å². The maximum absolute atomic E-state index is 11.6. The fourth-order valence-corrected chi connectivity index (χ4v) is 1.29. The van der Waals surface area contributed by atoms with Gasteiger partial charge in [-0.1, -0.05) is 0 Å². The number of carbonyl (C=O) groups excluding carboxylic acids is 1. The lowest BCUT2D eigenvalue weighted by Gasteiger charge is -2.12. The molecule has 0 aliphatic carbocycles. The van der Waals surface area contributed by atoms with Crippen LogP contribution in [0.25, 0.3) is 0 Å². The minimum absolute atomic E-state index is 0.0774. The van der Waals surface area contributed by atoms with Gasteiger partial charge in [-0.05, 0) is 12.8 Å². The first-order chi connectivity index (χ1) is 8.54. The first-order valence-corrected chi connectivity index (χ1v) is 5.25. The molecule has 9 heteroatoms. The number of nitrogens with zero attached hydrogens (tertiary/aromatic N) is 2. The van der Waals surface area contributed by atoms with Crippen molar-refractivity contribution in [1.29, 1.82) is 0 Å². The van der Waals surface area contributed by atoms with E-state index in [1.165, 1.54) is 7.11 Å². The number of carbonyl (C=O) groups is 2. The van der Waals surface area contributed by atoms with Crippen LogP contribution in [0.2, 0.25) is 0 Å². The predicted octanol–water partition coefficient (Wildman–Crippen LogP) is -1.00. The smallest absolute Gasteiger partial charge is 0.326 e. The molecule has 1 heterocycles. The number of rotatable bonds is 7. The molecule has 1 aromatic rings. The second-order valence-electron chi connectivity index (χ2n) is 3.54. The summed E-state index contributed by atoms with van der Waals surface area (Å²) in [6.45, 7) is 0.426. The maximum Gasteiger partial charge on any atom is 0.326 e. The average molecular weight is 257 g/mol. The van der Waals surface area contributed by atoms with Crippen LogP contribution in [0, 0.1) is 0 Å². The molecule has 9 nitrogen and oxygen atoms in total. The monoisotopic (exact) mass is 257 g/mol. The number of ether oxygens (including phenoxy) is 1. The van der Waals surface area contributed by atoms with Crippen molar-refractivity contribution in [3.63, 3.8) is 0 Å². The Labute approximate surface area is 103 Å². The summed E-state index contributed by atoms with van der Waals surface area (Å²) in [6, 6.07) is -1.00. The molecule has 0 fully saturated rings. The van der Waals surface area contributed by atoms with Crippen molar-refractivity contribution in [2.45, 2.75) is 18.9 Å². The Kier molecular flexibility index (Phi) is 5.06. The van der Waals surface area contributed by atoms with E-state index in [9.17, 15) is 9.59 Å². The van der Waals surface area contributed by atoms with Gasteiger partial charge in [-0.3, -0.25) is 9.89 Å². The Balaban J connectivity index is 2.55. The molecule has 0 aliphatic heterocycles. The van der Waals surface area contributed by atoms with Crippen molar-refractivity contribution >= 4 is 17.8 Å². The zero-order chi connectivity index (χ0) is 13.5. The normalized spacial score (nSPS) is 12.1. The highest BCUT2D eigenvalue weighted by Crippen LogP contribution is 2.00.